The second-order valence-electron chi connectivity index (χ2n) is 20.6. The van der Waals surface area contributed by atoms with Crippen molar-refractivity contribution in [2.45, 2.75) is 257 Å². The Morgan fingerprint density at radius 1 is 0.437 bits per heavy atom. The van der Waals surface area contributed by atoms with Crippen LogP contribution in [0.4, 0.5) is 0 Å². The molecule has 0 spiro atoms. The summed E-state index contributed by atoms with van der Waals surface area (Å²) in [5.74, 6) is -2.01. The topological polar surface area (TPSA) is 108 Å². The quantitative estimate of drug-likeness (QED) is 0.0211. The molecule has 2 unspecified atom stereocenters. The molecule has 1 N–H and O–H groups in total. The fourth-order valence-electron chi connectivity index (χ4n) is 7.98. The molecule has 0 amide bonds. The Kier molecular flexibility index (Phi) is 50.6. The van der Waals surface area contributed by atoms with Gasteiger partial charge in [-0.25, -0.2) is 4.79 Å². The van der Waals surface area contributed by atoms with Crippen molar-refractivity contribution in [3.63, 3.8) is 0 Å². The van der Waals surface area contributed by atoms with Crippen molar-refractivity contribution in [1.82, 2.24) is 0 Å². The lowest BCUT2D eigenvalue weighted by molar-refractivity contribution is -0.870. The van der Waals surface area contributed by atoms with E-state index in [4.69, 9.17) is 18.9 Å². The fourth-order valence-corrected chi connectivity index (χ4v) is 7.98. The Bertz CT molecular complexity index is 1390. The molecule has 0 heterocycles. The van der Waals surface area contributed by atoms with Gasteiger partial charge in [0.05, 0.1) is 34.4 Å². The average molecular weight is 998 g/mol. The number of hydrogen-bond donors (Lipinski definition) is 1. The van der Waals surface area contributed by atoms with Gasteiger partial charge in [0.15, 0.2) is 6.10 Å². The van der Waals surface area contributed by atoms with E-state index in [1.807, 2.05) is 21.1 Å². The summed E-state index contributed by atoms with van der Waals surface area (Å²) in [5, 5.41) is 9.70. The molecule has 0 bridgehead atoms. The van der Waals surface area contributed by atoms with Crippen LogP contribution >= 0.6 is 0 Å². The number of hydrogen-bond acceptors (Lipinski definition) is 7. The second-order valence-corrected chi connectivity index (χ2v) is 20.6. The van der Waals surface area contributed by atoms with Crippen molar-refractivity contribution in [2.75, 3.05) is 47.5 Å². The monoisotopic (exact) mass is 997 g/mol. The van der Waals surface area contributed by atoms with Gasteiger partial charge in [0.2, 0.25) is 0 Å². The molecule has 410 valence electrons. The van der Waals surface area contributed by atoms with E-state index in [-0.39, 0.29) is 32.2 Å². The first-order valence-electron chi connectivity index (χ1n) is 29.1. The number of unbranched alkanes of at least 4 members (excludes halogenated alkanes) is 26. The normalized spacial score (nSPS) is 13.3. The number of esters is 2. The third-order valence-electron chi connectivity index (χ3n) is 12.4. The Morgan fingerprint density at radius 2 is 0.803 bits per heavy atom. The Labute approximate surface area is 437 Å². The van der Waals surface area contributed by atoms with E-state index in [1.165, 1.54) is 135 Å². The van der Waals surface area contributed by atoms with Gasteiger partial charge in [0, 0.05) is 12.8 Å². The number of ether oxygens (including phenoxy) is 4. The molecule has 0 saturated carbocycles. The molecule has 0 rings (SSSR count). The highest BCUT2D eigenvalue weighted by Crippen LogP contribution is 2.16. The van der Waals surface area contributed by atoms with E-state index in [0.29, 0.717) is 17.4 Å². The molecule has 0 radical (unpaired) electrons. The smallest absolute Gasteiger partial charge is 0.361 e. The van der Waals surface area contributed by atoms with Crippen LogP contribution in [0.5, 0.6) is 0 Å². The third kappa shape index (κ3) is 54.3. The number of carbonyl (C=O) groups is 3. The molecule has 0 fully saturated rings. The Balaban J connectivity index is 4.19. The Morgan fingerprint density at radius 3 is 1.20 bits per heavy atom. The lowest BCUT2D eigenvalue weighted by Crippen LogP contribution is -2.40. The zero-order valence-corrected chi connectivity index (χ0v) is 46.6. The minimum atomic E-state index is -1.51. The van der Waals surface area contributed by atoms with Crippen LogP contribution in [-0.2, 0) is 33.3 Å². The van der Waals surface area contributed by atoms with Gasteiger partial charge in [-0.15, -0.1) is 0 Å². The molecule has 0 aliphatic heterocycles. The second kappa shape index (κ2) is 53.0. The van der Waals surface area contributed by atoms with E-state index in [1.54, 1.807) is 0 Å². The number of nitrogens with zero attached hydrogens (tertiary/aromatic N) is 1. The van der Waals surface area contributed by atoms with Gasteiger partial charge in [0.25, 0.3) is 6.29 Å². The fraction of sp³-hybridized carbons (Fsp3) is 0.758. The summed E-state index contributed by atoms with van der Waals surface area (Å²) >= 11 is 0. The first-order valence-corrected chi connectivity index (χ1v) is 29.1. The molecule has 0 aliphatic rings. The van der Waals surface area contributed by atoms with Gasteiger partial charge in [-0.2, -0.15) is 0 Å². The van der Waals surface area contributed by atoms with Crippen molar-refractivity contribution < 1.29 is 42.9 Å². The van der Waals surface area contributed by atoms with E-state index in [0.717, 1.165) is 83.5 Å². The highest BCUT2D eigenvalue weighted by atomic mass is 16.7. The predicted octanol–water partition coefficient (Wildman–Crippen LogP) is 17.0. The van der Waals surface area contributed by atoms with Crippen LogP contribution in [0.15, 0.2) is 72.9 Å². The predicted molar refractivity (Wildman–Crippen MR) is 299 cm³/mol. The summed E-state index contributed by atoms with van der Waals surface area (Å²) in [6.45, 7) is 4.74. The number of rotatable bonds is 53. The van der Waals surface area contributed by atoms with E-state index in [2.05, 4.69) is 86.8 Å². The summed E-state index contributed by atoms with van der Waals surface area (Å²) < 4.78 is 22.9. The maximum atomic E-state index is 12.9. The maximum absolute atomic E-state index is 12.9. The van der Waals surface area contributed by atoms with Crippen LogP contribution in [0.25, 0.3) is 0 Å². The molecule has 9 nitrogen and oxygen atoms in total. The molecule has 0 aromatic carbocycles. The minimum Gasteiger partial charge on any atom is -0.477 e. The summed E-state index contributed by atoms with van der Waals surface area (Å²) in [5.41, 5.74) is 0. The maximum Gasteiger partial charge on any atom is 0.361 e. The van der Waals surface area contributed by atoms with Gasteiger partial charge in [-0.3, -0.25) is 9.59 Å². The molecule has 0 aromatic rings. The van der Waals surface area contributed by atoms with Gasteiger partial charge < -0.3 is 28.5 Å². The van der Waals surface area contributed by atoms with Crippen LogP contribution in [-0.4, -0.2) is 87.4 Å². The number of carbonyl (C=O) groups excluding carboxylic acids is 2. The molecule has 9 heteroatoms. The van der Waals surface area contributed by atoms with Gasteiger partial charge >= 0.3 is 17.9 Å². The first kappa shape index (κ1) is 67.7. The van der Waals surface area contributed by atoms with Crippen LogP contribution < -0.4 is 0 Å². The summed E-state index contributed by atoms with van der Waals surface area (Å²) in [7, 11) is 5.97. The van der Waals surface area contributed by atoms with Crippen molar-refractivity contribution in [3.05, 3.63) is 72.9 Å². The zero-order valence-electron chi connectivity index (χ0n) is 46.6. The molecule has 2 atom stereocenters. The largest absolute Gasteiger partial charge is 0.477 e. The van der Waals surface area contributed by atoms with E-state index >= 15 is 0 Å². The number of carboxylic acid groups (broad SMARTS) is 1. The van der Waals surface area contributed by atoms with Crippen LogP contribution in [0, 0.1) is 0 Å². The van der Waals surface area contributed by atoms with Crippen molar-refractivity contribution in [3.8, 4) is 0 Å². The zero-order chi connectivity index (χ0) is 52.0. The SMILES string of the molecule is CC/C=C\C/C=C\C/C=C\C/C=C\CCCCCCCCCCCCCCCCCCC(=O)OC(COC(=O)CCCCCCCCC/C=C\C/C=C\CCCCC)COC(OCC[N+](C)(C)C)C(=O)O. The minimum absolute atomic E-state index is 0.185. The van der Waals surface area contributed by atoms with Gasteiger partial charge in [-0.05, 0) is 83.5 Å². The van der Waals surface area contributed by atoms with Crippen molar-refractivity contribution in [2.24, 2.45) is 0 Å². The number of carboxylic acids is 1. The molecule has 0 saturated heterocycles. The molecular formula is C62H110NO8+. The number of allylic oxidation sites excluding steroid dienone is 12. The molecule has 0 aliphatic carbocycles. The summed E-state index contributed by atoms with van der Waals surface area (Å²) in [6, 6.07) is 0. The van der Waals surface area contributed by atoms with Gasteiger partial charge in [0.1, 0.15) is 13.2 Å². The standard InChI is InChI=1S/C62H109NO8/c1-6-8-10-12-14-16-18-20-22-24-25-26-27-28-29-30-31-32-33-34-35-37-39-41-43-45-47-49-51-53-60(65)71-58(57-70-62(61(66)67)68-55-54-63(3,4)5)56-69-59(64)52-50-48-46-44-42-40-38-36-23-21-19-17-15-13-11-9-7-2/h8,10,14-17,20-23,25-26,58,62H,6-7,9,11-13,18-19,24,27-57H2,1-5H3/p+1/b10-8-,16-14-,17-15-,22-20-,23-21-,26-25-. The first-order chi connectivity index (χ1) is 34.6. The lowest BCUT2D eigenvalue weighted by Gasteiger charge is -2.25. The van der Waals surface area contributed by atoms with Gasteiger partial charge in [-0.1, -0.05) is 222 Å². The number of quaternary nitrogens is 1. The molecule has 71 heavy (non-hydrogen) atoms. The van der Waals surface area contributed by atoms with Crippen LogP contribution in [0.3, 0.4) is 0 Å². The van der Waals surface area contributed by atoms with E-state index in [9.17, 15) is 19.5 Å². The van der Waals surface area contributed by atoms with Crippen molar-refractivity contribution >= 4 is 17.9 Å². The summed E-state index contributed by atoms with van der Waals surface area (Å²) in [4.78, 5) is 37.4. The highest BCUT2D eigenvalue weighted by Gasteiger charge is 2.25. The van der Waals surface area contributed by atoms with Crippen LogP contribution in [0.2, 0.25) is 0 Å². The molecule has 0 aromatic heterocycles. The Hall–Kier alpha value is -3.27. The molecular weight excluding hydrogens is 887 g/mol. The third-order valence-corrected chi connectivity index (χ3v) is 12.4. The van der Waals surface area contributed by atoms with E-state index < -0.39 is 24.3 Å². The van der Waals surface area contributed by atoms with Crippen LogP contribution in [0.1, 0.15) is 245 Å². The highest BCUT2D eigenvalue weighted by molar-refractivity contribution is 5.71. The number of aliphatic carboxylic acids is 1. The van der Waals surface area contributed by atoms with Crippen molar-refractivity contribution in [1.29, 1.82) is 0 Å². The summed E-state index contributed by atoms with van der Waals surface area (Å²) in [6.07, 6.45) is 65.5. The average Bonchev–Trinajstić information content (AvgIpc) is 3.34. The lowest BCUT2D eigenvalue weighted by atomic mass is 10.0. The number of likely N-dealkylation sites (N-methyl/N-ethyl adjacent to an activating group) is 1.